The number of nitrogens with two attached hydrogens (primary N) is 1. The number of hydrogen-bond acceptors (Lipinski definition) is 6. The number of rotatable bonds is 6. The minimum absolute atomic E-state index is 0.00638. The highest BCUT2D eigenvalue weighted by Gasteiger charge is 2.31. The minimum atomic E-state index is -0.00638. The molecular weight excluding hydrogens is 518 g/mol. The van der Waals surface area contributed by atoms with Crippen LogP contribution < -0.4 is 16.0 Å². The second kappa shape index (κ2) is 12.1. The van der Waals surface area contributed by atoms with Crippen LogP contribution in [0.3, 0.4) is 0 Å². The van der Waals surface area contributed by atoms with Crippen LogP contribution in [0.5, 0.6) is 0 Å². The molecule has 0 bridgehead atoms. The van der Waals surface area contributed by atoms with E-state index in [1.54, 1.807) is 6.92 Å². The molecule has 0 radical (unpaired) electrons. The molecule has 2 aromatic carbocycles. The van der Waals surface area contributed by atoms with Gasteiger partial charge in [-0.3, -0.25) is 4.79 Å². The Hall–Kier alpha value is -3.63. The van der Waals surface area contributed by atoms with Crippen LogP contribution in [0, 0.1) is 0 Å². The first-order valence-corrected chi connectivity index (χ1v) is 15.0. The third-order valence-corrected chi connectivity index (χ3v) is 8.78. The molecule has 41 heavy (non-hydrogen) atoms. The normalized spacial score (nSPS) is 18.0. The first-order chi connectivity index (χ1) is 20.0. The van der Waals surface area contributed by atoms with E-state index in [9.17, 15) is 9.59 Å². The Morgan fingerprint density at radius 3 is 2.56 bits per heavy atom. The fourth-order valence-corrected chi connectivity index (χ4v) is 6.40. The number of anilines is 1. The van der Waals surface area contributed by atoms with E-state index in [-0.39, 0.29) is 11.9 Å². The summed E-state index contributed by atoms with van der Waals surface area (Å²) in [6, 6.07) is 13.1. The van der Waals surface area contributed by atoms with E-state index in [0.717, 1.165) is 97.9 Å². The van der Waals surface area contributed by atoms with E-state index >= 15 is 0 Å². The lowest BCUT2D eigenvalue weighted by molar-refractivity contribution is -0.130. The number of ether oxygens (including phenoxy) is 1. The summed E-state index contributed by atoms with van der Waals surface area (Å²) in [5, 5.41) is 5.28. The van der Waals surface area contributed by atoms with Crippen molar-refractivity contribution in [3.63, 3.8) is 0 Å². The van der Waals surface area contributed by atoms with Crippen LogP contribution in [0.1, 0.15) is 43.6 Å². The van der Waals surface area contributed by atoms with Crippen LogP contribution in [0.25, 0.3) is 22.0 Å². The van der Waals surface area contributed by atoms with Crippen molar-refractivity contribution in [1.29, 1.82) is 0 Å². The molecule has 3 N–H and O–H groups in total. The van der Waals surface area contributed by atoms with Crippen molar-refractivity contribution in [3.8, 4) is 11.3 Å². The number of amides is 3. The molecule has 0 atom stereocenters. The highest BCUT2D eigenvalue weighted by molar-refractivity contribution is 5.98. The zero-order valence-corrected chi connectivity index (χ0v) is 24.0. The third kappa shape index (κ3) is 5.63. The van der Waals surface area contributed by atoms with Crippen molar-refractivity contribution in [2.24, 2.45) is 5.73 Å². The van der Waals surface area contributed by atoms with Crippen LogP contribution in [0.15, 0.2) is 36.4 Å². The highest BCUT2D eigenvalue weighted by atomic mass is 16.5. The van der Waals surface area contributed by atoms with Crippen molar-refractivity contribution in [3.05, 3.63) is 47.9 Å². The van der Waals surface area contributed by atoms with Crippen molar-refractivity contribution < 1.29 is 14.3 Å². The van der Waals surface area contributed by atoms with Crippen LogP contribution >= 0.6 is 0 Å². The lowest BCUT2D eigenvalue weighted by Crippen LogP contribution is -2.52. The molecule has 0 aliphatic carbocycles. The molecule has 2 fully saturated rings. The molecule has 0 unspecified atom stereocenters. The monoisotopic (exact) mass is 559 g/mol. The Bertz CT molecular complexity index is 1410. The van der Waals surface area contributed by atoms with Gasteiger partial charge in [-0.25, -0.2) is 9.78 Å². The molecule has 1 aromatic heterocycles. The summed E-state index contributed by atoms with van der Waals surface area (Å²) in [4.78, 5) is 36.2. The molecule has 3 aliphatic heterocycles. The Morgan fingerprint density at radius 1 is 1.02 bits per heavy atom. The molecule has 0 spiro atoms. The third-order valence-electron chi connectivity index (χ3n) is 8.78. The summed E-state index contributed by atoms with van der Waals surface area (Å²) in [6.45, 7) is 9.43. The van der Waals surface area contributed by atoms with Crippen molar-refractivity contribution in [2.75, 3.05) is 63.9 Å². The van der Waals surface area contributed by atoms with Gasteiger partial charge in [0.05, 0.1) is 17.9 Å². The lowest BCUT2D eigenvalue weighted by Gasteiger charge is -2.36. The highest BCUT2D eigenvalue weighted by Crippen LogP contribution is 2.38. The maximum atomic E-state index is 12.4. The van der Waals surface area contributed by atoms with Gasteiger partial charge < -0.3 is 35.1 Å². The predicted molar refractivity (Wildman–Crippen MR) is 160 cm³/mol. The molecule has 10 heteroatoms. The van der Waals surface area contributed by atoms with Crippen LogP contribution in [0.4, 0.5) is 10.5 Å². The number of hydrogen-bond donors (Lipinski definition) is 2. The Labute approximate surface area is 241 Å². The minimum Gasteiger partial charge on any atom is -0.381 e. The summed E-state index contributed by atoms with van der Waals surface area (Å²) in [5.41, 5.74) is 9.94. The summed E-state index contributed by atoms with van der Waals surface area (Å²) >= 11 is 0. The van der Waals surface area contributed by atoms with Crippen LogP contribution in [-0.4, -0.2) is 90.3 Å². The van der Waals surface area contributed by atoms with Gasteiger partial charge in [-0.15, -0.1) is 0 Å². The van der Waals surface area contributed by atoms with Gasteiger partial charge in [0.2, 0.25) is 5.91 Å². The van der Waals surface area contributed by atoms with Gasteiger partial charge in [-0.2, -0.15) is 0 Å². The zero-order chi connectivity index (χ0) is 28.3. The molecular formula is C31H41N7O3. The average molecular weight is 560 g/mol. The van der Waals surface area contributed by atoms with E-state index in [1.807, 2.05) is 9.80 Å². The molecule has 3 amide bonds. The molecule has 218 valence electrons. The number of urea groups is 1. The molecule has 6 rings (SSSR count). The van der Waals surface area contributed by atoms with Gasteiger partial charge >= 0.3 is 6.03 Å². The van der Waals surface area contributed by atoms with E-state index in [4.69, 9.17) is 15.5 Å². The maximum absolute atomic E-state index is 12.4. The van der Waals surface area contributed by atoms with E-state index in [0.29, 0.717) is 38.6 Å². The van der Waals surface area contributed by atoms with E-state index in [2.05, 4.69) is 51.2 Å². The molecule has 2 saturated heterocycles. The zero-order valence-electron chi connectivity index (χ0n) is 24.0. The molecule has 4 heterocycles. The summed E-state index contributed by atoms with van der Waals surface area (Å²) in [7, 11) is 0. The second-order valence-electron chi connectivity index (χ2n) is 11.3. The second-order valence-corrected chi connectivity index (χ2v) is 11.3. The van der Waals surface area contributed by atoms with E-state index in [1.165, 1.54) is 0 Å². The maximum Gasteiger partial charge on any atom is 0.317 e. The summed E-state index contributed by atoms with van der Waals surface area (Å²) in [5.74, 6) is 1.62. The first kappa shape index (κ1) is 27.5. The number of carbonyl (C=O) groups is 2. The van der Waals surface area contributed by atoms with Gasteiger partial charge in [0.25, 0.3) is 0 Å². The standard InChI is InChI=1S/C31H41N7O3/c1-22(39)37-16-17-38-28(21-37)29(34-30(38)23-8-18-41-19-9-23)27-5-2-4-24-20-25(6-7-26(24)27)35-12-14-36(15-13-35)31(40)33-11-3-10-32/h2,4-7,20,23H,3,8-19,21,32H2,1H3,(H,33,40). The Kier molecular flexibility index (Phi) is 8.11. The predicted octanol–water partition coefficient (Wildman–Crippen LogP) is 3.14. The van der Waals surface area contributed by atoms with Gasteiger partial charge in [-0.05, 0) is 48.7 Å². The Morgan fingerprint density at radius 2 is 1.80 bits per heavy atom. The number of imidazole rings is 1. The lowest BCUT2D eigenvalue weighted by atomic mass is 9.99. The number of nitrogens with one attached hydrogen (secondary N) is 1. The largest absolute Gasteiger partial charge is 0.381 e. The Balaban J connectivity index is 1.27. The van der Waals surface area contributed by atoms with Gasteiger partial charge in [0.1, 0.15) is 5.82 Å². The van der Waals surface area contributed by atoms with Crippen LogP contribution in [-0.2, 0) is 22.6 Å². The van der Waals surface area contributed by atoms with Gasteiger partial charge in [0, 0.05) is 83.1 Å². The number of aromatic nitrogens is 2. The molecule has 0 saturated carbocycles. The number of carbonyl (C=O) groups excluding carboxylic acids is 2. The van der Waals surface area contributed by atoms with Crippen molar-refractivity contribution in [1.82, 2.24) is 24.7 Å². The molecule has 10 nitrogen and oxygen atoms in total. The average Bonchev–Trinajstić information content (AvgIpc) is 3.40. The number of piperazine rings is 1. The molecule has 3 aromatic rings. The fourth-order valence-electron chi connectivity index (χ4n) is 6.40. The first-order valence-electron chi connectivity index (χ1n) is 15.0. The number of fused-ring (bicyclic) bond motifs is 2. The summed E-state index contributed by atoms with van der Waals surface area (Å²) < 4.78 is 8.02. The number of benzene rings is 2. The summed E-state index contributed by atoms with van der Waals surface area (Å²) in [6.07, 6.45) is 2.75. The molecule has 3 aliphatic rings. The topological polar surface area (TPSA) is 109 Å². The fraction of sp³-hybridized carbons (Fsp3) is 0.516. The quantitative estimate of drug-likeness (QED) is 0.449. The van der Waals surface area contributed by atoms with Gasteiger partial charge in [-0.1, -0.05) is 24.3 Å². The smallest absolute Gasteiger partial charge is 0.317 e. The number of nitrogens with zero attached hydrogens (tertiary/aromatic N) is 5. The van der Waals surface area contributed by atoms with E-state index < -0.39 is 0 Å². The SMILES string of the molecule is CC(=O)N1CCn2c(C3CCOCC3)nc(-c3cccc4cc(N5CCN(C(=O)NCCCN)CC5)ccc34)c2C1. The van der Waals surface area contributed by atoms with Crippen LogP contribution in [0.2, 0.25) is 0 Å². The van der Waals surface area contributed by atoms with Crippen molar-refractivity contribution >= 4 is 28.4 Å². The van der Waals surface area contributed by atoms with Gasteiger partial charge in [0.15, 0.2) is 0 Å². The van der Waals surface area contributed by atoms with Crippen molar-refractivity contribution in [2.45, 2.75) is 45.2 Å².